The highest BCUT2D eigenvalue weighted by Gasteiger charge is 2.29. The van der Waals surface area contributed by atoms with Gasteiger partial charge < -0.3 is 4.90 Å². The molecule has 1 fully saturated rings. The van der Waals surface area contributed by atoms with Crippen molar-refractivity contribution in [2.45, 2.75) is 63.5 Å². The fraction of sp³-hybridized carbons (Fsp3) is 0.478. The van der Waals surface area contributed by atoms with Crippen molar-refractivity contribution in [3.8, 4) is 0 Å². The van der Waals surface area contributed by atoms with Gasteiger partial charge in [-0.2, -0.15) is 0 Å². The van der Waals surface area contributed by atoms with Gasteiger partial charge in [-0.1, -0.05) is 60.7 Å². The lowest BCUT2D eigenvalue weighted by Gasteiger charge is -2.26. The molecule has 1 nitrogen and oxygen atoms in total. The first-order valence-electron chi connectivity index (χ1n) is 9.63. The number of hydrogen-bond donors (Lipinski definition) is 0. The molecule has 0 aromatic heterocycles. The molecular formula is C23H32ClN. The van der Waals surface area contributed by atoms with E-state index in [1.54, 1.807) is 0 Å². The Balaban J connectivity index is 0.00000225. The van der Waals surface area contributed by atoms with Crippen LogP contribution in [-0.4, -0.2) is 24.0 Å². The molecule has 3 rings (SSSR count). The highest BCUT2D eigenvalue weighted by molar-refractivity contribution is 5.85. The molecule has 25 heavy (non-hydrogen) atoms. The SMILES string of the molecule is CN1[C@H](CCCc2ccccc2)CC[C@@H]1CCCc1ccccc1.Cl. The fourth-order valence-corrected chi connectivity index (χ4v) is 4.16. The van der Waals surface area contributed by atoms with E-state index < -0.39 is 0 Å². The van der Waals surface area contributed by atoms with Gasteiger partial charge >= 0.3 is 0 Å². The molecule has 0 radical (unpaired) electrons. The molecule has 1 aliphatic heterocycles. The average molecular weight is 358 g/mol. The maximum absolute atomic E-state index is 2.68. The second-order valence-corrected chi connectivity index (χ2v) is 7.31. The van der Waals surface area contributed by atoms with E-state index in [0.29, 0.717) is 0 Å². The summed E-state index contributed by atoms with van der Waals surface area (Å²) in [7, 11) is 2.35. The van der Waals surface area contributed by atoms with E-state index in [1.165, 1.54) is 62.5 Å². The van der Waals surface area contributed by atoms with Crippen molar-refractivity contribution in [1.29, 1.82) is 0 Å². The third-order valence-corrected chi connectivity index (χ3v) is 5.68. The summed E-state index contributed by atoms with van der Waals surface area (Å²) in [6.45, 7) is 0. The molecule has 1 saturated heterocycles. The number of hydrogen-bond acceptors (Lipinski definition) is 1. The van der Waals surface area contributed by atoms with Crippen molar-refractivity contribution < 1.29 is 0 Å². The van der Waals surface area contributed by atoms with Crippen molar-refractivity contribution >= 4 is 12.4 Å². The molecule has 1 heterocycles. The fourth-order valence-electron chi connectivity index (χ4n) is 4.16. The maximum atomic E-state index is 2.68. The Morgan fingerprint density at radius 1 is 0.720 bits per heavy atom. The van der Waals surface area contributed by atoms with Crippen LogP contribution in [0.1, 0.15) is 49.7 Å². The topological polar surface area (TPSA) is 3.24 Å². The van der Waals surface area contributed by atoms with E-state index in [4.69, 9.17) is 0 Å². The van der Waals surface area contributed by atoms with E-state index in [2.05, 4.69) is 72.6 Å². The van der Waals surface area contributed by atoms with Crippen LogP contribution in [0, 0.1) is 0 Å². The van der Waals surface area contributed by atoms with Gasteiger partial charge in [-0.3, -0.25) is 0 Å². The molecule has 0 aliphatic carbocycles. The monoisotopic (exact) mass is 357 g/mol. The molecule has 0 N–H and O–H groups in total. The number of likely N-dealkylation sites (tertiary alicyclic amines) is 1. The second-order valence-electron chi connectivity index (χ2n) is 7.31. The molecule has 2 heteroatoms. The van der Waals surface area contributed by atoms with Gasteiger partial charge in [0, 0.05) is 12.1 Å². The van der Waals surface area contributed by atoms with Crippen molar-refractivity contribution in [3.63, 3.8) is 0 Å². The van der Waals surface area contributed by atoms with Gasteiger partial charge in [0.25, 0.3) is 0 Å². The first kappa shape index (κ1) is 20.0. The van der Waals surface area contributed by atoms with Gasteiger partial charge in [-0.05, 0) is 69.5 Å². The van der Waals surface area contributed by atoms with Crippen LogP contribution in [0.4, 0.5) is 0 Å². The summed E-state index contributed by atoms with van der Waals surface area (Å²) in [4.78, 5) is 2.68. The number of benzene rings is 2. The van der Waals surface area contributed by atoms with Crippen LogP contribution in [0.5, 0.6) is 0 Å². The maximum Gasteiger partial charge on any atom is 0.00958 e. The third kappa shape index (κ3) is 6.17. The standard InChI is InChI=1S/C23H31N.ClH/c1-24-22(16-8-14-20-10-4-2-5-11-20)18-19-23(24)17-9-15-21-12-6-3-7-13-21;/h2-7,10-13,22-23H,8-9,14-19H2,1H3;1H/t22-,23+;. The first-order chi connectivity index (χ1) is 11.8. The summed E-state index contributed by atoms with van der Waals surface area (Å²) in [5.74, 6) is 0. The van der Waals surface area contributed by atoms with Crippen LogP contribution in [-0.2, 0) is 12.8 Å². The highest BCUT2D eigenvalue weighted by Crippen LogP contribution is 2.29. The van der Waals surface area contributed by atoms with Crippen LogP contribution in [0.15, 0.2) is 60.7 Å². The Morgan fingerprint density at radius 3 is 1.52 bits per heavy atom. The summed E-state index contributed by atoms with van der Waals surface area (Å²) in [5, 5.41) is 0. The molecule has 0 spiro atoms. The number of rotatable bonds is 8. The van der Waals surface area contributed by atoms with E-state index in [9.17, 15) is 0 Å². The Hall–Kier alpha value is -1.31. The Kier molecular flexibility index (Phi) is 8.51. The van der Waals surface area contributed by atoms with Gasteiger partial charge in [0.1, 0.15) is 0 Å². The third-order valence-electron chi connectivity index (χ3n) is 5.68. The minimum atomic E-state index is 0. The van der Waals surface area contributed by atoms with E-state index >= 15 is 0 Å². The van der Waals surface area contributed by atoms with Gasteiger partial charge in [-0.15, -0.1) is 12.4 Å². The second kappa shape index (κ2) is 10.6. The lowest BCUT2D eigenvalue weighted by Crippen LogP contribution is -2.32. The summed E-state index contributed by atoms with van der Waals surface area (Å²) in [5.41, 5.74) is 2.97. The minimum absolute atomic E-state index is 0. The molecule has 0 amide bonds. The van der Waals surface area contributed by atoms with Crippen LogP contribution in [0.25, 0.3) is 0 Å². The van der Waals surface area contributed by atoms with Crippen LogP contribution in [0.2, 0.25) is 0 Å². The molecule has 2 aromatic carbocycles. The van der Waals surface area contributed by atoms with Crippen molar-refractivity contribution in [1.82, 2.24) is 4.90 Å². The largest absolute Gasteiger partial charge is 0.300 e. The van der Waals surface area contributed by atoms with Crippen LogP contribution in [0.3, 0.4) is 0 Å². The van der Waals surface area contributed by atoms with Crippen molar-refractivity contribution in [2.24, 2.45) is 0 Å². The highest BCUT2D eigenvalue weighted by atomic mass is 35.5. The molecule has 0 unspecified atom stereocenters. The van der Waals surface area contributed by atoms with Crippen LogP contribution < -0.4 is 0 Å². The lowest BCUT2D eigenvalue weighted by atomic mass is 10.0. The summed E-state index contributed by atoms with van der Waals surface area (Å²) in [6.07, 6.45) is 10.6. The predicted octanol–water partition coefficient (Wildman–Crippen LogP) is 5.92. The van der Waals surface area contributed by atoms with Gasteiger partial charge in [0.15, 0.2) is 0 Å². The zero-order valence-electron chi connectivity index (χ0n) is 15.4. The predicted molar refractivity (Wildman–Crippen MR) is 111 cm³/mol. The Morgan fingerprint density at radius 2 is 1.12 bits per heavy atom. The minimum Gasteiger partial charge on any atom is -0.300 e. The number of aryl methyl sites for hydroxylation is 2. The zero-order valence-corrected chi connectivity index (χ0v) is 16.3. The molecule has 2 aromatic rings. The number of halogens is 1. The Bertz CT molecular complexity index is 530. The smallest absolute Gasteiger partial charge is 0.00958 e. The molecule has 1 aliphatic rings. The van der Waals surface area contributed by atoms with E-state index in [0.717, 1.165) is 12.1 Å². The first-order valence-corrected chi connectivity index (χ1v) is 9.63. The summed E-state index contributed by atoms with van der Waals surface area (Å²) < 4.78 is 0. The van der Waals surface area contributed by atoms with Crippen molar-refractivity contribution in [2.75, 3.05) is 7.05 Å². The summed E-state index contributed by atoms with van der Waals surface area (Å²) in [6, 6.07) is 23.4. The Labute approximate surface area is 159 Å². The quantitative estimate of drug-likeness (QED) is 0.567. The number of nitrogens with zero attached hydrogens (tertiary/aromatic N) is 1. The van der Waals surface area contributed by atoms with E-state index in [1.807, 2.05) is 0 Å². The average Bonchev–Trinajstić information content (AvgIpc) is 2.97. The lowest BCUT2D eigenvalue weighted by molar-refractivity contribution is 0.218. The van der Waals surface area contributed by atoms with Gasteiger partial charge in [0.2, 0.25) is 0 Å². The molecule has 0 bridgehead atoms. The molecule has 2 atom stereocenters. The molecule has 136 valence electrons. The zero-order chi connectivity index (χ0) is 16.6. The summed E-state index contributed by atoms with van der Waals surface area (Å²) >= 11 is 0. The van der Waals surface area contributed by atoms with Crippen molar-refractivity contribution in [3.05, 3.63) is 71.8 Å². The normalized spacial score (nSPS) is 20.4. The van der Waals surface area contributed by atoms with Gasteiger partial charge in [0.05, 0.1) is 0 Å². The van der Waals surface area contributed by atoms with Crippen LogP contribution >= 0.6 is 12.4 Å². The van der Waals surface area contributed by atoms with E-state index in [-0.39, 0.29) is 12.4 Å². The van der Waals surface area contributed by atoms with Gasteiger partial charge in [-0.25, -0.2) is 0 Å². The molecule has 0 saturated carbocycles. The molecular weight excluding hydrogens is 326 g/mol.